The van der Waals surface area contributed by atoms with Gasteiger partial charge in [-0.1, -0.05) is 51.9 Å². The van der Waals surface area contributed by atoms with Gasteiger partial charge in [0.2, 0.25) is 5.71 Å². The number of rotatable bonds is 12. The van der Waals surface area contributed by atoms with Gasteiger partial charge in [0.05, 0.1) is 11.5 Å². The molecule has 150 valence electrons. The van der Waals surface area contributed by atoms with Gasteiger partial charge in [0.25, 0.3) is 0 Å². The number of hydrogen-bond acceptors (Lipinski definition) is 5. The Morgan fingerprint density at radius 3 is 2.67 bits per heavy atom. The molecule has 1 atom stereocenters. The summed E-state index contributed by atoms with van der Waals surface area (Å²) >= 11 is 0. The molecule has 0 aliphatic carbocycles. The summed E-state index contributed by atoms with van der Waals surface area (Å²) in [6, 6.07) is 2.44. The van der Waals surface area contributed by atoms with Gasteiger partial charge in [-0.05, 0) is 31.7 Å². The Labute approximate surface area is 162 Å². The van der Waals surface area contributed by atoms with E-state index in [1.807, 2.05) is 0 Å². The Hall–Kier alpha value is -1.62. The minimum Gasteiger partial charge on any atom is -0.461 e. The maximum Gasteiger partial charge on any atom is 0.319 e. The third-order valence-corrected chi connectivity index (χ3v) is 5.25. The van der Waals surface area contributed by atoms with E-state index in [0.29, 0.717) is 18.3 Å². The number of nitrogens with zero attached hydrogens (tertiary/aromatic N) is 2. The van der Waals surface area contributed by atoms with Crippen molar-refractivity contribution < 1.29 is 13.9 Å². The summed E-state index contributed by atoms with van der Waals surface area (Å²) in [4.78, 5) is 8.71. The fraction of sp³-hybridized carbons (Fsp3) is 0.727. The molecule has 0 N–H and O–H groups in total. The number of furan rings is 1. The first kappa shape index (κ1) is 20.1. The predicted molar refractivity (Wildman–Crippen MR) is 107 cm³/mol. The molecule has 0 amide bonds. The van der Waals surface area contributed by atoms with Gasteiger partial charge in [0.1, 0.15) is 12.4 Å². The van der Waals surface area contributed by atoms with Crippen LogP contribution < -0.4 is 4.74 Å². The number of hydrogen-bond donors (Lipinski definition) is 0. The van der Waals surface area contributed by atoms with Crippen molar-refractivity contribution >= 4 is 11.1 Å². The molecule has 2 aromatic heterocycles. The van der Waals surface area contributed by atoms with Crippen LogP contribution in [0.15, 0.2) is 16.7 Å². The number of unbranched alkanes of at least 4 members (excludes halogenated alkanes) is 7. The average molecular weight is 375 g/mol. The molecule has 0 saturated carbocycles. The molecule has 0 bridgehead atoms. The summed E-state index contributed by atoms with van der Waals surface area (Å²) in [5, 5.41) is 0.950. The summed E-state index contributed by atoms with van der Waals surface area (Å²) in [6.07, 6.45) is 16.9. The van der Waals surface area contributed by atoms with Gasteiger partial charge in [-0.15, -0.1) is 0 Å². The van der Waals surface area contributed by atoms with Crippen LogP contribution in [0, 0.1) is 0 Å². The molecule has 5 heteroatoms. The summed E-state index contributed by atoms with van der Waals surface area (Å²) in [5.74, 6) is 0.998. The highest BCUT2D eigenvalue weighted by Gasteiger charge is 2.15. The maximum absolute atomic E-state index is 5.90. The van der Waals surface area contributed by atoms with Crippen molar-refractivity contribution in [2.75, 3.05) is 13.2 Å². The molecule has 1 aliphatic rings. The Kier molecular flexibility index (Phi) is 8.40. The molecule has 1 unspecified atom stereocenters. The maximum atomic E-state index is 5.90. The molecule has 1 aliphatic heterocycles. The lowest BCUT2D eigenvalue weighted by molar-refractivity contribution is -0.0128. The first-order valence-electron chi connectivity index (χ1n) is 10.8. The van der Waals surface area contributed by atoms with Crippen LogP contribution in [0.1, 0.15) is 83.3 Å². The predicted octanol–water partition coefficient (Wildman–Crippen LogP) is 5.85. The number of aromatic nitrogens is 2. The highest BCUT2D eigenvalue weighted by atomic mass is 16.5. The SMILES string of the molecule is CCCCCCCCCCc1cc2cnc(OCC3CCCCO3)nc2o1. The molecule has 5 nitrogen and oxygen atoms in total. The number of fused-ring (bicyclic) bond motifs is 1. The second kappa shape index (κ2) is 11.3. The van der Waals surface area contributed by atoms with Crippen LogP contribution in [0.4, 0.5) is 0 Å². The van der Waals surface area contributed by atoms with Gasteiger partial charge >= 0.3 is 6.01 Å². The van der Waals surface area contributed by atoms with Crippen LogP contribution >= 0.6 is 0 Å². The second-order valence-electron chi connectivity index (χ2n) is 7.65. The van der Waals surface area contributed by atoms with Crippen molar-refractivity contribution in [3.05, 3.63) is 18.0 Å². The van der Waals surface area contributed by atoms with Crippen LogP contribution in [0.25, 0.3) is 11.1 Å². The fourth-order valence-corrected chi connectivity index (χ4v) is 3.60. The topological polar surface area (TPSA) is 57.4 Å². The molecule has 0 spiro atoms. The van der Waals surface area contributed by atoms with Crippen molar-refractivity contribution in [3.63, 3.8) is 0 Å². The van der Waals surface area contributed by atoms with E-state index in [2.05, 4.69) is 23.0 Å². The summed E-state index contributed by atoms with van der Waals surface area (Å²) in [7, 11) is 0. The largest absolute Gasteiger partial charge is 0.461 e. The molecule has 0 aromatic carbocycles. The molecule has 0 radical (unpaired) electrons. The average Bonchev–Trinajstić information content (AvgIpc) is 3.11. The van der Waals surface area contributed by atoms with Gasteiger partial charge in [0.15, 0.2) is 0 Å². The normalized spacial score (nSPS) is 17.4. The minimum absolute atomic E-state index is 0.159. The van der Waals surface area contributed by atoms with E-state index in [9.17, 15) is 0 Å². The zero-order chi connectivity index (χ0) is 18.7. The molecule has 2 aromatic rings. The molecular weight excluding hydrogens is 340 g/mol. The highest BCUT2D eigenvalue weighted by Crippen LogP contribution is 2.21. The van der Waals surface area contributed by atoms with E-state index >= 15 is 0 Å². The van der Waals surface area contributed by atoms with Gasteiger partial charge in [-0.2, -0.15) is 4.98 Å². The van der Waals surface area contributed by atoms with Crippen molar-refractivity contribution in [2.24, 2.45) is 0 Å². The first-order valence-corrected chi connectivity index (χ1v) is 10.8. The Morgan fingerprint density at radius 1 is 1.07 bits per heavy atom. The van der Waals surface area contributed by atoms with E-state index in [1.54, 1.807) is 6.20 Å². The molecule has 3 heterocycles. The lowest BCUT2D eigenvalue weighted by atomic mass is 10.1. The quantitative estimate of drug-likeness (QED) is 0.436. The zero-order valence-corrected chi connectivity index (χ0v) is 16.8. The van der Waals surface area contributed by atoms with Crippen LogP contribution in [0.5, 0.6) is 6.01 Å². The third kappa shape index (κ3) is 6.80. The highest BCUT2D eigenvalue weighted by molar-refractivity contribution is 5.73. The summed E-state index contributed by atoms with van der Waals surface area (Å²) in [6.45, 7) is 3.60. The smallest absolute Gasteiger partial charge is 0.319 e. The Balaban J connectivity index is 1.39. The minimum atomic E-state index is 0.159. The van der Waals surface area contributed by atoms with Crippen molar-refractivity contribution in [1.29, 1.82) is 0 Å². The lowest BCUT2D eigenvalue weighted by Gasteiger charge is -2.21. The molecule has 3 rings (SSSR count). The molecule has 1 fully saturated rings. The fourth-order valence-electron chi connectivity index (χ4n) is 3.60. The second-order valence-corrected chi connectivity index (χ2v) is 7.65. The first-order chi connectivity index (χ1) is 13.3. The van der Waals surface area contributed by atoms with Crippen molar-refractivity contribution in [3.8, 4) is 6.01 Å². The van der Waals surface area contributed by atoms with Crippen molar-refractivity contribution in [2.45, 2.75) is 90.1 Å². The van der Waals surface area contributed by atoms with Gasteiger partial charge in [0, 0.05) is 19.2 Å². The zero-order valence-electron chi connectivity index (χ0n) is 16.8. The van der Waals surface area contributed by atoms with Crippen LogP contribution in [0.3, 0.4) is 0 Å². The standard InChI is InChI=1S/C22H34N2O3/c1-2-3-4-5-6-7-8-9-12-19-15-18-16-23-22(24-21(18)27-19)26-17-20-13-10-11-14-25-20/h15-16,20H,2-14,17H2,1H3. The molecule has 27 heavy (non-hydrogen) atoms. The van der Waals surface area contributed by atoms with Crippen LogP contribution in [-0.4, -0.2) is 29.3 Å². The molecule has 1 saturated heterocycles. The van der Waals surface area contributed by atoms with Gasteiger partial charge < -0.3 is 13.9 Å². The third-order valence-electron chi connectivity index (χ3n) is 5.25. The van der Waals surface area contributed by atoms with E-state index in [4.69, 9.17) is 13.9 Å². The van der Waals surface area contributed by atoms with E-state index in [0.717, 1.165) is 37.0 Å². The summed E-state index contributed by atoms with van der Waals surface area (Å²) in [5.41, 5.74) is 0.624. The van der Waals surface area contributed by atoms with Gasteiger partial charge in [-0.25, -0.2) is 4.98 Å². The Bertz CT molecular complexity index is 665. The van der Waals surface area contributed by atoms with Crippen molar-refractivity contribution in [1.82, 2.24) is 9.97 Å². The van der Waals surface area contributed by atoms with Crippen LogP contribution in [0.2, 0.25) is 0 Å². The monoisotopic (exact) mass is 374 g/mol. The summed E-state index contributed by atoms with van der Waals surface area (Å²) < 4.78 is 17.3. The number of ether oxygens (including phenoxy) is 2. The van der Waals surface area contributed by atoms with E-state index in [-0.39, 0.29) is 6.10 Å². The number of aryl methyl sites for hydroxylation is 1. The molecular formula is C22H34N2O3. The lowest BCUT2D eigenvalue weighted by Crippen LogP contribution is -2.26. The van der Waals surface area contributed by atoms with E-state index in [1.165, 1.54) is 57.8 Å². The van der Waals surface area contributed by atoms with Crippen LogP contribution in [-0.2, 0) is 11.2 Å². The van der Waals surface area contributed by atoms with Gasteiger partial charge in [-0.3, -0.25) is 0 Å². The Morgan fingerprint density at radius 2 is 1.89 bits per heavy atom. The van der Waals surface area contributed by atoms with E-state index < -0.39 is 0 Å².